The average Bonchev–Trinajstić information content (AvgIpc) is 2.72. The van der Waals surface area contributed by atoms with E-state index in [1.165, 1.54) is 6.07 Å². The second-order valence-corrected chi connectivity index (χ2v) is 6.40. The highest BCUT2D eigenvalue weighted by Crippen LogP contribution is 2.19. The van der Waals surface area contributed by atoms with Gasteiger partial charge in [-0.25, -0.2) is 8.78 Å². The van der Waals surface area contributed by atoms with E-state index in [-0.39, 0.29) is 18.0 Å². The van der Waals surface area contributed by atoms with Crippen molar-refractivity contribution in [3.8, 4) is 0 Å². The van der Waals surface area contributed by atoms with E-state index in [0.717, 1.165) is 38.2 Å². The Hall–Kier alpha value is -1.57. The molecule has 1 atom stereocenters. The van der Waals surface area contributed by atoms with Gasteiger partial charge in [-0.3, -0.25) is 14.6 Å². The monoisotopic (exact) mass is 341 g/mol. The van der Waals surface area contributed by atoms with Crippen molar-refractivity contribution in [3.05, 3.63) is 35.4 Å². The zero-order valence-electron chi connectivity index (χ0n) is 14.2. The van der Waals surface area contributed by atoms with Gasteiger partial charge in [-0.15, -0.1) is 0 Å². The van der Waals surface area contributed by atoms with Crippen molar-refractivity contribution in [2.24, 2.45) is 0 Å². The average molecular weight is 341 g/mol. The van der Waals surface area contributed by atoms with Crippen molar-refractivity contribution in [1.29, 1.82) is 0 Å². The lowest BCUT2D eigenvalue weighted by Crippen LogP contribution is -2.39. The molecule has 1 saturated heterocycles. The van der Waals surface area contributed by atoms with Crippen LogP contribution >= 0.6 is 0 Å². The number of nitrogens with zero attached hydrogens (tertiary/aromatic N) is 3. The van der Waals surface area contributed by atoms with Crippen LogP contribution < -0.4 is 0 Å². The summed E-state index contributed by atoms with van der Waals surface area (Å²) in [6, 6.07) is 3.23. The van der Waals surface area contributed by atoms with E-state index in [1.54, 1.807) is 19.0 Å². The fourth-order valence-corrected chi connectivity index (χ4v) is 2.81. The highest BCUT2D eigenvalue weighted by Gasteiger charge is 2.21. The van der Waals surface area contributed by atoms with Gasteiger partial charge in [-0.2, -0.15) is 0 Å². The zero-order valence-corrected chi connectivity index (χ0v) is 14.2. The van der Waals surface area contributed by atoms with Crippen LogP contribution in [0.4, 0.5) is 8.78 Å². The van der Waals surface area contributed by atoms with Crippen molar-refractivity contribution in [1.82, 2.24) is 14.7 Å². The number of aliphatic hydroxyl groups is 1. The molecule has 1 heterocycles. The molecule has 0 aliphatic carbocycles. The number of carbonyl (C=O) groups is 1. The molecule has 0 saturated carbocycles. The first-order valence-electron chi connectivity index (χ1n) is 8.14. The van der Waals surface area contributed by atoms with Crippen molar-refractivity contribution < 1.29 is 18.7 Å². The van der Waals surface area contributed by atoms with Crippen LogP contribution in [0, 0.1) is 11.6 Å². The summed E-state index contributed by atoms with van der Waals surface area (Å²) in [7, 11) is 3.47. The highest BCUT2D eigenvalue weighted by molar-refractivity contribution is 5.77. The molecule has 1 N–H and O–H groups in total. The Morgan fingerprint density at radius 3 is 2.54 bits per heavy atom. The summed E-state index contributed by atoms with van der Waals surface area (Å²) >= 11 is 0. The molecule has 2 rings (SSSR count). The van der Waals surface area contributed by atoms with Crippen LogP contribution in [0.5, 0.6) is 0 Å². The number of likely N-dealkylation sites (N-methyl/N-ethyl adjacent to an activating group) is 1. The topological polar surface area (TPSA) is 47.0 Å². The minimum atomic E-state index is -0.999. The molecule has 0 spiro atoms. The lowest BCUT2D eigenvalue weighted by molar-refractivity contribution is -0.129. The lowest BCUT2D eigenvalue weighted by atomic mass is 10.1. The molecule has 1 unspecified atom stereocenters. The van der Waals surface area contributed by atoms with E-state index in [0.29, 0.717) is 13.1 Å². The predicted molar refractivity (Wildman–Crippen MR) is 87.5 cm³/mol. The number of hydrogen-bond donors (Lipinski definition) is 1. The van der Waals surface area contributed by atoms with Crippen LogP contribution in [-0.2, 0) is 4.79 Å². The molecule has 5 nitrogen and oxygen atoms in total. The minimum absolute atomic E-state index is 0.0665. The molecule has 1 amide bonds. The summed E-state index contributed by atoms with van der Waals surface area (Å²) in [5.41, 5.74) is 0.111. The summed E-state index contributed by atoms with van der Waals surface area (Å²) < 4.78 is 26.7. The Bertz CT molecular complexity index is 569. The number of β-amino-alcohol motifs (C(OH)–C–C–N with tert-alkyl or cyclic N) is 1. The number of benzene rings is 1. The summed E-state index contributed by atoms with van der Waals surface area (Å²) in [5, 5.41) is 10.2. The second kappa shape index (κ2) is 8.50. The summed E-state index contributed by atoms with van der Waals surface area (Å²) in [6.45, 7) is 3.68. The van der Waals surface area contributed by atoms with E-state index in [1.807, 2.05) is 4.90 Å². The number of amides is 1. The normalized spacial score (nSPS) is 18.2. The third-order valence-electron chi connectivity index (χ3n) is 4.29. The Morgan fingerprint density at radius 2 is 1.88 bits per heavy atom. The van der Waals surface area contributed by atoms with Crippen LogP contribution in [-0.4, -0.2) is 79.1 Å². The van der Waals surface area contributed by atoms with Gasteiger partial charge in [0.25, 0.3) is 0 Å². The molecule has 0 radical (unpaired) electrons. The third kappa shape index (κ3) is 5.22. The Kier molecular flexibility index (Phi) is 6.65. The first kappa shape index (κ1) is 18.8. The fourth-order valence-electron chi connectivity index (χ4n) is 2.81. The quantitative estimate of drug-likeness (QED) is 0.871. The SMILES string of the molecule is CN(C)C(=O)CN1CCCN(CC(O)c2ccc(F)cc2F)CC1. The van der Waals surface area contributed by atoms with Crippen LogP contribution in [0.1, 0.15) is 18.1 Å². The highest BCUT2D eigenvalue weighted by atomic mass is 19.1. The van der Waals surface area contributed by atoms with Gasteiger partial charge in [0.2, 0.25) is 5.91 Å². The number of rotatable bonds is 5. The number of halogens is 2. The van der Waals surface area contributed by atoms with Crippen molar-refractivity contribution >= 4 is 5.91 Å². The molecule has 0 bridgehead atoms. The van der Waals surface area contributed by atoms with Gasteiger partial charge in [-0.1, -0.05) is 6.07 Å². The largest absolute Gasteiger partial charge is 0.387 e. The Morgan fingerprint density at radius 1 is 1.21 bits per heavy atom. The number of aliphatic hydroxyl groups excluding tert-OH is 1. The maximum Gasteiger partial charge on any atom is 0.236 e. The van der Waals surface area contributed by atoms with E-state index in [2.05, 4.69) is 4.90 Å². The fraction of sp³-hybridized carbons (Fsp3) is 0.588. The van der Waals surface area contributed by atoms with E-state index in [4.69, 9.17) is 0 Å². The summed E-state index contributed by atoms with van der Waals surface area (Å²) in [6.07, 6.45) is -0.125. The predicted octanol–water partition coefficient (Wildman–Crippen LogP) is 1.09. The van der Waals surface area contributed by atoms with Gasteiger partial charge >= 0.3 is 0 Å². The van der Waals surface area contributed by atoms with Crippen LogP contribution in [0.2, 0.25) is 0 Å². The smallest absolute Gasteiger partial charge is 0.236 e. The molecule has 1 fully saturated rings. The third-order valence-corrected chi connectivity index (χ3v) is 4.29. The van der Waals surface area contributed by atoms with Gasteiger partial charge in [0.1, 0.15) is 11.6 Å². The molecular weight excluding hydrogens is 316 g/mol. The number of carbonyl (C=O) groups excluding carboxylic acids is 1. The molecule has 1 aromatic carbocycles. The van der Waals surface area contributed by atoms with E-state index >= 15 is 0 Å². The molecule has 1 aliphatic rings. The van der Waals surface area contributed by atoms with Crippen LogP contribution in [0.15, 0.2) is 18.2 Å². The Balaban J connectivity index is 1.88. The molecule has 1 aliphatic heterocycles. The first-order chi connectivity index (χ1) is 11.4. The van der Waals surface area contributed by atoms with Gasteiger partial charge < -0.3 is 10.0 Å². The van der Waals surface area contributed by atoms with Gasteiger partial charge in [-0.05, 0) is 25.6 Å². The molecular formula is C17H25F2N3O2. The first-order valence-corrected chi connectivity index (χ1v) is 8.14. The molecule has 0 aromatic heterocycles. The van der Waals surface area contributed by atoms with Crippen molar-refractivity contribution in [2.75, 3.05) is 53.4 Å². The minimum Gasteiger partial charge on any atom is -0.387 e. The van der Waals surface area contributed by atoms with Crippen molar-refractivity contribution in [2.45, 2.75) is 12.5 Å². The maximum atomic E-state index is 13.7. The second-order valence-electron chi connectivity index (χ2n) is 6.40. The van der Waals surface area contributed by atoms with E-state index < -0.39 is 17.7 Å². The molecule has 134 valence electrons. The summed E-state index contributed by atoms with van der Waals surface area (Å²) in [5.74, 6) is -1.31. The van der Waals surface area contributed by atoms with Crippen LogP contribution in [0.3, 0.4) is 0 Å². The van der Waals surface area contributed by atoms with E-state index in [9.17, 15) is 18.7 Å². The van der Waals surface area contributed by atoms with Gasteiger partial charge in [0, 0.05) is 45.4 Å². The Labute approximate surface area is 141 Å². The number of hydrogen-bond acceptors (Lipinski definition) is 4. The van der Waals surface area contributed by atoms with Crippen LogP contribution in [0.25, 0.3) is 0 Å². The maximum absolute atomic E-state index is 13.7. The zero-order chi connectivity index (χ0) is 17.7. The van der Waals surface area contributed by atoms with Gasteiger partial charge in [0.15, 0.2) is 0 Å². The lowest BCUT2D eigenvalue weighted by Gasteiger charge is -2.24. The summed E-state index contributed by atoms with van der Waals surface area (Å²) in [4.78, 5) is 17.5. The van der Waals surface area contributed by atoms with Gasteiger partial charge in [0.05, 0.1) is 12.6 Å². The molecule has 7 heteroatoms. The molecule has 1 aromatic rings. The molecule has 24 heavy (non-hydrogen) atoms. The van der Waals surface area contributed by atoms with Crippen molar-refractivity contribution in [3.63, 3.8) is 0 Å². The standard InChI is InChI=1S/C17H25F2N3O2/c1-20(2)17(24)12-22-7-3-6-21(8-9-22)11-16(23)14-5-4-13(18)10-15(14)19/h4-5,10,16,23H,3,6-9,11-12H2,1-2H3.